The van der Waals surface area contributed by atoms with Gasteiger partial charge in [-0.25, -0.2) is 4.79 Å². The van der Waals surface area contributed by atoms with E-state index in [0.29, 0.717) is 13.2 Å². The summed E-state index contributed by atoms with van der Waals surface area (Å²) in [6.45, 7) is 8.73. The Morgan fingerprint density at radius 3 is 2.54 bits per heavy atom. The maximum Gasteiger partial charge on any atom is 0.435 e. The van der Waals surface area contributed by atoms with Crippen molar-refractivity contribution in [3.63, 3.8) is 0 Å². The Morgan fingerprint density at radius 2 is 1.92 bits per heavy atom. The highest BCUT2D eigenvalue weighted by Gasteiger charge is 2.20. The Labute approximate surface area is 143 Å². The predicted octanol–water partition coefficient (Wildman–Crippen LogP) is 4.38. The first-order valence-electron chi connectivity index (χ1n) is 8.29. The summed E-state index contributed by atoms with van der Waals surface area (Å²) in [7, 11) is 0. The van der Waals surface area contributed by atoms with E-state index in [1.165, 1.54) is 4.68 Å². The Bertz CT molecular complexity index is 644. The largest absolute Gasteiger partial charge is 0.442 e. The van der Waals surface area contributed by atoms with Gasteiger partial charge in [-0.05, 0) is 38.8 Å². The third kappa shape index (κ3) is 5.49. The minimum absolute atomic E-state index is 0.150. The van der Waals surface area contributed by atoms with E-state index in [9.17, 15) is 4.79 Å². The first-order chi connectivity index (χ1) is 11.4. The van der Waals surface area contributed by atoms with Crippen LogP contribution in [-0.2, 0) is 16.1 Å². The average molecular weight is 330 g/mol. The number of carbonyl (C=O) groups is 1. The van der Waals surface area contributed by atoms with E-state index < -0.39 is 11.7 Å². The van der Waals surface area contributed by atoms with Gasteiger partial charge in [-0.1, -0.05) is 37.3 Å². The molecule has 2 aromatic rings. The molecule has 5 heteroatoms. The Kier molecular flexibility index (Phi) is 6.15. The molecule has 1 unspecified atom stereocenters. The van der Waals surface area contributed by atoms with E-state index in [1.54, 1.807) is 6.20 Å². The summed E-state index contributed by atoms with van der Waals surface area (Å²) >= 11 is 0. The van der Waals surface area contributed by atoms with E-state index in [-0.39, 0.29) is 5.92 Å². The number of benzene rings is 1. The molecule has 0 spiro atoms. The fraction of sp³-hybridized carbons (Fsp3) is 0.474. The molecular weight excluding hydrogens is 304 g/mol. The van der Waals surface area contributed by atoms with Crippen molar-refractivity contribution in [3.05, 3.63) is 53.9 Å². The highest BCUT2D eigenvalue weighted by Crippen LogP contribution is 2.19. The van der Waals surface area contributed by atoms with Crippen LogP contribution in [0.2, 0.25) is 0 Å². The molecule has 2 rings (SSSR count). The summed E-state index contributed by atoms with van der Waals surface area (Å²) in [5.74, 6) is 0.150. The molecule has 1 heterocycles. The second-order valence-corrected chi connectivity index (χ2v) is 6.77. The summed E-state index contributed by atoms with van der Waals surface area (Å²) in [6.07, 6.45) is 2.07. The Balaban J connectivity index is 1.92. The average Bonchev–Trinajstić information content (AvgIpc) is 3.01. The van der Waals surface area contributed by atoms with Crippen molar-refractivity contribution in [2.45, 2.75) is 52.2 Å². The van der Waals surface area contributed by atoms with E-state index in [2.05, 4.69) is 12.0 Å². The first-order valence-corrected chi connectivity index (χ1v) is 8.29. The van der Waals surface area contributed by atoms with Crippen LogP contribution < -0.4 is 0 Å². The summed E-state index contributed by atoms with van der Waals surface area (Å²) in [5, 5.41) is 4.35. The first kappa shape index (κ1) is 18.2. The lowest BCUT2D eigenvalue weighted by atomic mass is 10.0. The second-order valence-electron chi connectivity index (χ2n) is 6.77. The number of hydrogen-bond donors (Lipinski definition) is 0. The highest BCUT2D eigenvalue weighted by molar-refractivity contribution is 5.69. The van der Waals surface area contributed by atoms with E-state index in [0.717, 1.165) is 17.7 Å². The molecule has 5 nitrogen and oxygen atoms in total. The molecule has 130 valence electrons. The van der Waals surface area contributed by atoms with Crippen molar-refractivity contribution in [2.24, 2.45) is 0 Å². The van der Waals surface area contributed by atoms with Crippen molar-refractivity contribution in [1.29, 1.82) is 0 Å². The molecule has 0 aliphatic carbocycles. The van der Waals surface area contributed by atoms with Crippen LogP contribution in [0.5, 0.6) is 0 Å². The van der Waals surface area contributed by atoms with Crippen LogP contribution in [0.3, 0.4) is 0 Å². The van der Waals surface area contributed by atoms with Crippen LogP contribution in [-0.4, -0.2) is 28.1 Å². The van der Waals surface area contributed by atoms with Crippen LogP contribution in [0.15, 0.2) is 42.6 Å². The SMILES string of the molecule is CCC(COCc1ccccc1)c1ccn(C(=O)OC(C)(C)C)n1. The monoisotopic (exact) mass is 330 g/mol. The lowest BCUT2D eigenvalue weighted by molar-refractivity contribution is 0.0512. The van der Waals surface area contributed by atoms with Gasteiger partial charge in [0.15, 0.2) is 0 Å². The van der Waals surface area contributed by atoms with Gasteiger partial charge in [0.1, 0.15) is 5.60 Å². The molecule has 0 saturated carbocycles. The molecule has 0 bridgehead atoms. The van der Waals surface area contributed by atoms with Crippen LogP contribution in [0.25, 0.3) is 0 Å². The Morgan fingerprint density at radius 1 is 1.21 bits per heavy atom. The molecule has 0 saturated heterocycles. The molecule has 0 fully saturated rings. The lowest BCUT2D eigenvalue weighted by Crippen LogP contribution is -2.27. The minimum Gasteiger partial charge on any atom is -0.442 e. The molecule has 1 atom stereocenters. The van der Waals surface area contributed by atoms with Crippen molar-refractivity contribution in [3.8, 4) is 0 Å². The second kappa shape index (κ2) is 8.11. The van der Waals surface area contributed by atoms with Crippen LogP contribution >= 0.6 is 0 Å². The third-order valence-electron chi connectivity index (χ3n) is 3.53. The third-order valence-corrected chi connectivity index (χ3v) is 3.53. The predicted molar refractivity (Wildman–Crippen MR) is 93.0 cm³/mol. The number of rotatable bonds is 6. The van der Waals surface area contributed by atoms with E-state index >= 15 is 0 Å². The van der Waals surface area contributed by atoms with Gasteiger partial charge < -0.3 is 9.47 Å². The van der Waals surface area contributed by atoms with Crippen LogP contribution in [0, 0.1) is 0 Å². The van der Waals surface area contributed by atoms with Gasteiger partial charge in [0.2, 0.25) is 0 Å². The van der Waals surface area contributed by atoms with Gasteiger partial charge >= 0.3 is 6.09 Å². The van der Waals surface area contributed by atoms with Gasteiger partial charge in [-0.15, -0.1) is 0 Å². The number of nitrogens with zero attached hydrogens (tertiary/aromatic N) is 2. The van der Waals surface area contributed by atoms with Crippen LogP contribution in [0.1, 0.15) is 51.3 Å². The number of hydrogen-bond acceptors (Lipinski definition) is 4. The van der Waals surface area contributed by atoms with Crippen molar-refractivity contribution >= 4 is 6.09 Å². The summed E-state index contributed by atoms with van der Waals surface area (Å²) in [5.41, 5.74) is 1.45. The molecule has 1 aromatic carbocycles. The molecule has 1 aromatic heterocycles. The standard InChI is InChI=1S/C19H26N2O3/c1-5-16(14-23-13-15-9-7-6-8-10-15)17-11-12-21(20-17)18(22)24-19(2,3)4/h6-12,16H,5,13-14H2,1-4H3. The van der Waals surface area contributed by atoms with Gasteiger partial charge in [-0.3, -0.25) is 0 Å². The zero-order valence-electron chi connectivity index (χ0n) is 14.9. The molecule has 24 heavy (non-hydrogen) atoms. The number of ether oxygens (including phenoxy) is 2. The summed E-state index contributed by atoms with van der Waals surface area (Å²) < 4.78 is 12.4. The quantitative estimate of drug-likeness (QED) is 0.789. The molecule has 0 radical (unpaired) electrons. The fourth-order valence-electron chi connectivity index (χ4n) is 2.27. The molecule has 0 aliphatic rings. The molecule has 0 N–H and O–H groups in total. The highest BCUT2D eigenvalue weighted by atomic mass is 16.6. The summed E-state index contributed by atoms with van der Waals surface area (Å²) in [6, 6.07) is 11.9. The number of aromatic nitrogens is 2. The van der Waals surface area contributed by atoms with E-state index in [1.807, 2.05) is 57.2 Å². The maximum atomic E-state index is 12.0. The zero-order valence-corrected chi connectivity index (χ0v) is 14.9. The lowest BCUT2D eigenvalue weighted by Gasteiger charge is -2.19. The molecule has 0 aliphatic heterocycles. The number of carbonyl (C=O) groups excluding carboxylic acids is 1. The topological polar surface area (TPSA) is 53.4 Å². The van der Waals surface area contributed by atoms with Crippen molar-refractivity contribution in [2.75, 3.05) is 6.61 Å². The Hall–Kier alpha value is -2.14. The normalized spacial score (nSPS) is 12.8. The summed E-state index contributed by atoms with van der Waals surface area (Å²) in [4.78, 5) is 12.0. The minimum atomic E-state index is -0.536. The zero-order chi connectivity index (χ0) is 17.6. The van der Waals surface area contributed by atoms with Gasteiger partial charge in [0.05, 0.1) is 18.9 Å². The van der Waals surface area contributed by atoms with Crippen molar-refractivity contribution < 1.29 is 14.3 Å². The van der Waals surface area contributed by atoms with Gasteiger partial charge in [0.25, 0.3) is 0 Å². The molecule has 0 amide bonds. The van der Waals surface area contributed by atoms with Crippen molar-refractivity contribution in [1.82, 2.24) is 9.78 Å². The smallest absolute Gasteiger partial charge is 0.435 e. The maximum absolute atomic E-state index is 12.0. The van der Waals surface area contributed by atoms with E-state index in [4.69, 9.17) is 9.47 Å². The van der Waals surface area contributed by atoms with Gasteiger partial charge in [-0.2, -0.15) is 9.78 Å². The molecular formula is C19H26N2O3. The van der Waals surface area contributed by atoms with Gasteiger partial charge in [0, 0.05) is 12.1 Å². The fourth-order valence-corrected chi connectivity index (χ4v) is 2.27. The van der Waals surface area contributed by atoms with Crippen LogP contribution in [0.4, 0.5) is 4.79 Å².